The van der Waals surface area contributed by atoms with Crippen molar-refractivity contribution >= 4 is 24.8 Å². The summed E-state index contributed by atoms with van der Waals surface area (Å²) >= 11 is 1.55. The second-order valence-corrected chi connectivity index (χ2v) is 18.1. The van der Waals surface area contributed by atoms with Gasteiger partial charge in [0.2, 0.25) is 0 Å². The van der Waals surface area contributed by atoms with Gasteiger partial charge >= 0.3 is 41.3 Å². The van der Waals surface area contributed by atoms with E-state index in [-0.39, 0.29) is 29.0 Å². The summed E-state index contributed by atoms with van der Waals surface area (Å²) < 4.78 is 1.51. The van der Waals surface area contributed by atoms with Crippen molar-refractivity contribution < 1.29 is 41.7 Å². The summed E-state index contributed by atoms with van der Waals surface area (Å²) in [4.78, 5) is 0. The fraction of sp³-hybridized carbons (Fsp3) is 0.245. The predicted octanol–water partition coefficient (Wildman–Crippen LogP) is 10.2. The van der Waals surface area contributed by atoms with Crippen molar-refractivity contribution in [3.63, 3.8) is 0 Å². The molecule has 0 aliphatic carbocycles. The molecular weight excluding hydrogens is 731 g/mol. The average molecular weight is 785 g/mol. The fourth-order valence-corrected chi connectivity index (χ4v) is 6.09. The number of halogens is 1. The van der Waals surface area contributed by atoms with Crippen molar-refractivity contribution in [1.29, 1.82) is 0 Å². The normalized spacial score (nSPS) is 10.9. The van der Waals surface area contributed by atoms with Crippen LogP contribution in [0.15, 0.2) is 140 Å². The topological polar surface area (TPSA) is 23.1 Å². The van der Waals surface area contributed by atoms with E-state index in [4.69, 9.17) is 0 Å². The molecule has 7 rings (SSSR count). The Morgan fingerprint density at radius 3 is 1.31 bits per heavy atom. The Balaban J connectivity index is 0.000000198. The third kappa shape index (κ3) is 11.8. The fourth-order valence-electron chi connectivity index (χ4n) is 6.09. The maximum Gasteiger partial charge on any atom is -0.0279 e. The van der Waals surface area contributed by atoms with Gasteiger partial charge in [-0.1, -0.05) is 163 Å². The van der Waals surface area contributed by atoms with E-state index in [1.807, 2.05) is 6.07 Å². The third-order valence-electron chi connectivity index (χ3n) is 8.61. The molecule has 52 heavy (non-hydrogen) atoms. The molecule has 0 heterocycles. The molecule has 0 atom stereocenters. The van der Waals surface area contributed by atoms with Gasteiger partial charge in [0.25, 0.3) is 0 Å². The van der Waals surface area contributed by atoms with E-state index in [2.05, 4.69) is 197 Å². The number of hydrogen-bond acceptors (Lipinski definition) is 1. The van der Waals surface area contributed by atoms with Gasteiger partial charge in [-0.25, -0.2) is 0 Å². The Hall–Kier alpha value is -3.84. The molecule has 0 amide bonds. The van der Waals surface area contributed by atoms with Crippen LogP contribution in [0.2, 0.25) is 0 Å². The van der Waals surface area contributed by atoms with Crippen LogP contribution < -0.4 is 17.5 Å². The summed E-state index contributed by atoms with van der Waals surface area (Å²) in [6.07, 6.45) is 0. The maximum absolute atomic E-state index is 11.7. The number of benzene rings is 5. The van der Waals surface area contributed by atoms with Gasteiger partial charge < -0.3 is 17.5 Å². The van der Waals surface area contributed by atoms with E-state index in [9.17, 15) is 5.11 Å². The van der Waals surface area contributed by atoms with Crippen LogP contribution in [0.1, 0.15) is 77.6 Å². The molecule has 1 nitrogen and oxygen atoms in total. The molecule has 0 aliphatic rings. The van der Waals surface area contributed by atoms with Crippen molar-refractivity contribution in [2.75, 3.05) is 0 Å². The van der Waals surface area contributed by atoms with Crippen molar-refractivity contribution in [3.05, 3.63) is 162 Å². The standard InChI is InChI=1S/2C16H13.C14H22O.C3H6.ClH.Zr/c2*1-12-10-14-8-5-9-15(16(14)11-12)13-6-3-2-4-7-13;1-13(2,3)10-7-8-12(15)11(9-10)14(4,5)6;1-3-2;;/h2*2-11H,1H3;7-9,15H,1-6H3;1-2H3;1H;/q2*-1;;;;+2/p-2. The molecule has 268 valence electrons. The van der Waals surface area contributed by atoms with Gasteiger partial charge in [-0.05, 0) is 27.5 Å². The van der Waals surface area contributed by atoms with Gasteiger partial charge in [-0.3, -0.25) is 0 Å². The monoisotopic (exact) mass is 782 g/mol. The quantitative estimate of drug-likeness (QED) is 0.160. The number of rotatable bonds is 2. The second-order valence-electron chi connectivity index (χ2n) is 15.6. The molecule has 0 fully saturated rings. The van der Waals surface area contributed by atoms with Crippen LogP contribution in [0.5, 0.6) is 5.75 Å². The second kappa shape index (κ2) is 18.8. The van der Waals surface area contributed by atoms with Gasteiger partial charge in [0.15, 0.2) is 0 Å². The van der Waals surface area contributed by atoms with Crippen LogP contribution >= 0.6 is 0 Å². The van der Waals surface area contributed by atoms with Gasteiger partial charge in [0.05, 0.1) is 0 Å². The molecule has 0 saturated carbocycles. The molecule has 0 aliphatic heterocycles. The van der Waals surface area contributed by atoms with Crippen LogP contribution in [-0.2, 0) is 35.1 Å². The van der Waals surface area contributed by atoms with E-state index in [0.29, 0.717) is 0 Å². The Morgan fingerprint density at radius 1 is 0.538 bits per heavy atom. The van der Waals surface area contributed by atoms with Crippen molar-refractivity contribution in [1.82, 2.24) is 0 Å². The summed E-state index contributed by atoms with van der Waals surface area (Å²) in [7, 11) is 0. The Kier molecular flexibility index (Phi) is 15.4. The van der Waals surface area contributed by atoms with Crippen molar-refractivity contribution in [2.24, 2.45) is 0 Å². The average Bonchev–Trinajstić information content (AvgIpc) is 3.65. The van der Waals surface area contributed by atoms with Crippen molar-refractivity contribution in [2.45, 2.75) is 80.1 Å². The van der Waals surface area contributed by atoms with E-state index in [1.54, 1.807) is 30.3 Å². The molecule has 0 spiro atoms. The van der Waals surface area contributed by atoms with Crippen molar-refractivity contribution in [3.8, 4) is 28.0 Å². The molecule has 0 aromatic heterocycles. The molecule has 3 heteroatoms. The molecule has 0 N–H and O–H groups in total. The van der Waals surface area contributed by atoms with E-state index in [1.165, 1.54) is 63.7 Å². The van der Waals surface area contributed by atoms with Crippen LogP contribution in [-0.4, -0.2) is 3.21 Å². The first-order valence-corrected chi connectivity index (χ1v) is 19.0. The van der Waals surface area contributed by atoms with Crippen LogP contribution in [0.4, 0.5) is 0 Å². The molecule has 0 radical (unpaired) electrons. The first-order valence-electron chi connectivity index (χ1n) is 17.8. The molecular formula is C49H53ClOZr-2. The van der Waals surface area contributed by atoms with Gasteiger partial charge in [-0.2, -0.15) is 12.1 Å². The van der Waals surface area contributed by atoms with E-state index >= 15 is 0 Å². The first-order chi connectivity index (χ1) is 24.0. The summed E-state index contributed by atoms with van der Waals surface area (Å²) in [6.45, 7) is 21.3. The van der Waals surface area contributed by atoms with E-state index < -0.39 is 0 Å². The Bertz CT molecular complexity index is 2050. The van der Waals surface area contributed by atoms with Gasteiger partial charge in [-0.15, -0.1) is 74.8 Å². The maximum atomic E-state index is 11.7. The predicted molar refractivity (Wildman–Crippen MR) is 219 cm³/mol. The van der Waals surface area contributed by atoms with Crippen LogP contribution in [0.3, 0.4) is 0 Å². The molecule has 0 bridgehead atoms. The minimum absolute atomic E-state index is 0. The Labute approximate surface area is 334 Å². The number of aryl methyl sites for hydroxylation is 2. The smallest absolute Gasteiger partial charge is 0.0279 e. The zero-order valence-corrected chi connectivity index (χ0v) is 35.8. The first kappa shape index (κ1) is 42.6. The molecule has 7 aromatic carbocycles. The molecule has 0 unspecified atom stereocenters. The summed E-state index contributed by atoms with van der Waals surface area (Å²) in [5.41, 5.74) is 10.1. The molecule has 0 saturated heterocycles. The summed E-state index contributed by atoms with van der Waals surface area (Å²) in [5.74, 6) is 0.149. The van der Waals surface area contributed by atoms with E-state index in [0.717, 1.165) is 5.56 Å². The minimum atomic E-state index is -0.0711. The third-order valence-corrected chi connectivity index (χ3v) is 8.61. The SMILES string of the molecule is CC(C)(C)c1ccc([O-])c(C(C)(C)C)c1.C[C](C)=[Zr+2].Cc1cc2c(-c3ccccc3)cccc2[cH-]1.Cc1cc2c(-c3ccccc3)cccc2[cH-]1.[Cl-]. The minimum Gasteiger partial charge on any atom is -1.00 e. The zero-order valence-electron chi connectivity index (χ0n) is 32.6. The largest absolute Gasteiger partial charge is 1.00 e. The summed E-state index contributed by atoms with van der Waals surface area (Å²) in [5, 5.41) is 17.1. The van der Waals surface area contributed by atoms with Gasteiger partial charge in [0, 0.05) is 0 Å². The van der Waals surface area contributed by atoms with Crippen LogP contribution in [0.25, 0.3) is 43.8 Å². The van der Waals surface area contributed by atoms with Gasteiger partial charge in [0.1, 0.15) is 0 Å². The van der Waals surface area contributed by atoms with Crippen LogP contribution in [0, 0.1) is 13.8 Å². The zero-order chi connectivity index (χ0) is 37.3. The number of hydrogen-bond donors (Lipinski definition) is 0. The molecule has 7 aromatic rings. The Morgan fingerprint density at radius 2 is 0.942 bits per heavy atom. The summed E-state index contributed by atoms with van der Waals surface area (Å²) in [6, 6.07) is 48.8. The number of fused-ring (bicyclic) bond motifs is 2.